The third kappa shape index (κ3) is 3.92. The number of carbonyl (C=O) groups excluding carboxylic acids is 1. The normalized spacial score (nSPS) is 26.6. The van der Waals surface area contributed by atoms with E-state index in [4.69, 9.17) is 0 Å². The van der Waals surface area contributed by atoms with Crippen molar-refractivity contribution in [1.29, 1.82) is 0 Å². The van der Waals surface area contributed by atoms with Crippen LogP contribution in [0.4, 0.5) is 5.13 Å². The highest BCUT2D eigenvalue weighted by Crippen LogP contribution is 2.28. The van der Waals surface area contributed by atoms with E-state index in [0.29, 0.717) is 18.6 Å². The maximum atomic E-state index is 12.4. The average Bonchev–Trinajstić information content (AvgIpc) is 2.70. The number of aromatic nitrogens is 1. The highest BCUT2D eigenvalue weighted by atomic mass is 32.1. The van der Waals surface area contributed by atoms with Crippen LogP contribution in [0.1, 0.15) is 42.7 Å². The van der Waals surface area contributed by atoms with Gasteiger partial charge in [0.2, 0.25) is 5.91 Å². The van der Waals surface area contributed by atoms with Gasteiger partial charge in [0.15, 0.2) is 5.13 Å². The van der Waals surface area contributed by atoms with Gasteiger partial charge in [-0.2, -0.15) is 0 Å². The molecule has 0 bridgehead atoms. The summed E-state index contributed by atoms with van der Waals surface area (Å²) >= 11 is 1.56. The second-order valence-electron chi connectivity index (χ2n) is 6.93. The lowest BCUT2D eigenvalue weighted by molar-refractivity contribution is -0.118. The van der Waals surface area contributed by atoms with Crippen molar-refractivity contribution in [3.8, 4) is 0 Å². The van der Waals surface area contributed by atoms with Crippen LogP contribution in [0.15, 0.2) is 0 Å². The second kappa shape index (κ2) is 7.28. The first-order valence-corrected chi connectivity index (χ1v) is 9.54. The fourth-order valence-corrected chi connectivity index (χ4v) is 4.77. The summed E-state index contributed by atoms with van der Waals surface area (Å²) in [7, 11) is 2.24. The van der Waals surface area contributed by atoms with E-state index < -0.39 is 0 Å². The SMILES string of the molecule is Cc1nc(NC(=O)CN2CCC[C@@H]3[C@H]2CCCCN3C)sc1C. The number of thiazole rings is 1. The summed E-state index contributed by atoms with van der Waals surface area (Å²) in [6.45, 7) is 6.75. The van der Waals surface area contributed by atoms with Crippen LogP contribution in [0.3, 0.4) is 0 Å². The number of likely N-dealkylation sites (N-methyl/N-ethyl adjacent to an activating group) is 1. The number of nitrogens with one attached hydrogen (secondary N) is 1. The van der Waals surface area contributed by atoms with Gasteiger partial charge < -0.3 is 10.2 Å². The molecule has 2 aliphatic heterocycles. The predicted octanol–water partition coefficient (Wildman–Crippen LogP) is 2.65. The van der Waals surface area contributed by atoms with Gasteiger partial charge in [-0.3, -0.25) is 9.69 Å². The van der Waals surface area contributed by atoms with Crippen molar-refractivity contribution in [3.63, 3.8) is 0 Å². The number of hydrogen-bond acceptors (Lipinski definition) is 5. The van der Waals surface area contributed by atoms with E-state index in [9.17, 15) is 4.79 Å². The molecular weight excluding hydrogens is 308 g/mol. The number of hydrogen-bond donors (Lipinski definition) is 1. The van der Waals surface area contributed by atoms with E-state index in [1.807, 2.05) is 13.8 Å². The summed E-state index contributed by atoms with van der Waals surface area (Å²) in [4.78, 5) is 22.9. The zero-order valence-corrected chi connectivity index (χ0v) is 15.3. The molecule has 1 aromatic rings. The van der Waals surface area contributed by atoms with Gasteiger partial charge in [0, 0.05) is 17.0 Å². The van der Waals surface area contributed by atoms with Gasteiger partial charge >= 0.3 is 0 Å². The topological polar surface area (TPSA) is 48.5 Å². The Morgan fingerprint density at radius 2 is 2.00 bits per heavy atom. The van der Waals surface area contributed by atoms with Crippen molar-refractivity contribution in [3.05, 3.63) is 10.6 Å². The Bertz CT molecular complexity index is 539. The number of fused-ring (bicyclic) bond motifs is 1. The smallest absolute Gasteiger partial charge is 0.240 e. The van der Waals surface area contributed by atoms with Crippen LogP contribution >= 0.6 is 11.3 Å². The fourth-order valence-electron chi connectivity index (χ4n) is 3.94. The molecule has 1 N–H and O–H groups in total. The van der Waals surface area contributed by atoms with Crippen LogP contribution < -0.4 is 5.32 Å². The monoisotopic (exact) mass is 336 g/mol. The number of nitrogens with zero attached hydrogens (tertiary/aromatic N) is 3. The van der Waals surface area contributed by atoms with Crippen LogP contribution in [0.2, 0.25) is 0 Å². The molecule has 2 saturated heterocycles. The standard InChI is InChI=1S/C17H28N4OS/c1-12-13(2)23-17(18-12)19-16(22)11-21-10-6-8-14-15(21)7-4-5-9-20(14)3/h14-15H,4-11H2,1-3H3,(H,18,19,22)/t14-,15-/m1/s1. The lowest BCUT2D eigenvalue weighted by atomic mass is 9.92. The second-order valence-corrected chi connectivity index (χ2v) is 8.14. The van der Waals surface area contributed by atoms with E-state index in [2.05, 4.69) is 27.1 Å². The summed E-state index contributed by atoms with van der Waals surface area (Å²) < 4.78 is 0. The maximum Gasteiger partial charge on any atom is 0.240 e. The quantitative estimate of drug-likeness (QED) is 0.922. The minimum absolute atomic E-state index is 0.0753. The van der Waals surface area contributed by atoms with E-state index in [1.54, 1.807) is 11.3 Å². The minimum atomic E-state index is 0.0753. The van der Waals surface area contributed by atoms with Crippen molar-refractivity contribution >= 4 is 22.4 Å². The number of piperidine rings is 1. The van der Waals surface area contributed by atoms with Gasteiger partial charge in [-0.05, 0) is 59.7 Å². The molecule has 2 atom stereocenters. The molecule has 128 valence electrons. The van der Waals surface area contributed by atoms with Gasteiger partial charge in [-0.25, -0.2) is 4.98 Å². The molecule has 5 nitrogen and oxygen atoms in total. The number of aryl methyl sites for hydroxylation is 2. The van der Waals surface area contributed by atoms with Crippen molar-refractivity contribution in [2.45, 2.75) is 58.0 Å². The largest absolute Gasteiger partial charge is 0.302 e. The fraction of sp³-hybridized carbons (Fsp3) is 0.765. The lowest BCUT2D eigenvalue weighted by Gasteiger charge is -2.43. The van der Waals surface area contributed by atoms with Gasteiger partial charge in [0.25, 0.3) is 0 Å². The molecular formula is C17H28N4OS. The third-order valence-electron chi connectivity index (χ3n) is 5.31. The Hall–Kier alpha value is -0.980. The summed E-state index contributed by atoms with van der Waals surface area (Å²) in [5.74, 6) is 0.0753. The maximum absolute atomic E-state index is 12.4. The molecule has 0 radical (unpaired) electrons. The van der Waals surface area contributed by atoms with Gasteiger partial charge in [-0.15, -0.1) is 11.3 Å². The summed E-state index contributed by atoms with van der Waals surface area (Å²) in [6, 6.07) is 1.14. The predicted molar refractivity (Wildman–Crippen MR) is 95.1 cm³/mol. The number of amides is 1. The van der Waals surface area contributed by atoms with Gasteiger partial charge in [0.05, 0.1) is 12.2 Å². The molecule has 2 fully saturated rings. The molecule has 3 rings (SSSR count). The summed E-state index contributed by atoms with van der Waals surface area (Å²) in [5.41, 5.74) is 1.01. The highest BCUT2D eigenvalue weighted by molar-refractivity contribution is 7.15. The van der Waals surface area contributed by atoms with Gasteiger partial charge in [0.1, 0.15) is 0 Å². The molecule has 0 aliphatic carbocycles. The van der Waals surface area contributed by atoms with E-state index in [0.717, 1.165) is 17.4 Å². The Kier molecular flexibility index (Phi) is 5.34. The number of anilines is 1. The molecule has 1 aromatic heterocycles. The Morgan fingerprint density at radius 1 is 1.22 bits per heavy atom. The summed E-state index contributed by atoms with van der Waals surface area (Å²) in [5, 5.41) is 3.72. The van der Waals surface area contributed by atoms with Gasteiger partial charge in [-0.1, -0.05) is 6.42 Å². The van der Waals surface area contributed by atoms with Crippen LogP contribution in [0.25, 0.3) is 0 Å². The van der Waals surface area contributed by atoms with Crippen molar-refractivity contribution in [2.24, 2.45) is 0 Å². The Morgan fingerprint density at radius 3 is 2.74 bits per heavy atom. The van der Waals surface area contributed by atoms with Crippen LogP contribution in [-0.4, -0.2) is 59.5 Å². The lowest BCUT2D eigenvalue weighted by Crippen LogP contribution is -2.55. The molecule has 0 spiro atoms. The van der Waals surface area contributed by atoms with Crippen molar-refractivity contribution in [1.82, 2.24) is 14.8 Å². The zero-order chi connectivity index (χ0) is 16.4. The average molecular weight is 337 g/mol. The zero-order valence-electron chi connectivity index (χ0n) is 14.5. The molecule has 6 heteroatoms. The first-order chi connectivity index (χ1) is 11.0. The number of rotatable bonds is 3. The first kappa shape index (κ1) is 16.9. The van der Waals surface area contributed by atoms with Crippen molar-refractivity contribution < 1.29 is 4.79 Å². The molecule has 23 heavy (non-hydrogen) atoms. The van der Waals surface area contributed by atoms with E-state index in [1.165, 1.54) is 43.5 Å². The molecule has 0 unspecified atom stereocenters. The van der Waals surface area contributed by atoms with E-state index in [-0.39, 0.29) is 5.91 Å². The Balaban J connectivity index is 1.62. The minimum Gasteiger partial charge on any atom is -0.302 e. The van der Waals surface area contributed by atoms with Crippen molar-refractivity contribution in [2.75, 3.05) is 32.0 Å². The van der Waals surface area contributed by atoms with Crippen LogP contribution in [-0.2, 0) is 4.79 Å². The molecule has 3 heterocycles. The first-order valence-electron chi connectivity index (χ1n) is 8.73. The van der Waals surface area contributed by atoms with E-state index >= 15 is 0 Å². The third-order valence-corrected chi connectivity index (χ3v) is 6.30. The molecule has 1 amide bonds. The number of carbonyl (C=O) groups is 1. The summed E-state index contributed by atoms with van der Waals surface area (Å²) in [6.07, 6.45) is 6.23. The number of likely N-dealkylation sites (tertiary alicyclic amines) is 2. The highest BCUT2D eigenvalue weighted by Gasteiger charge is 2.35. The molecule has 2 aliphatic rings. The van der Waals surface area contributed by atoms with Crippen LogP contribution in [0.5, 0.6) is 0 Å². The molecule has 0 saturated carbocycles. The Labute approximate surface area is 143 Å². The van der Waals surface area contributed by atoms with Crippen LogP contribution in [0, 0.1) is 13.8 Å². The molecule has 0 aromatic carbocycles.